The van der Waals surface area contributed by atoms with Crippen LogP contribution in [0.1, 0.15) is 72.7 Å². The highest BCUT2D eigenvalue weighted by Crippen LogP contribution is 2.35. The second kappa shape index (κ2) is 11.9. The summed E-state index contributed by atoms with van der Waals surface area (Å²) in [6, 6.07) is 19.3. The molecular weight excluding hydrogens is 428 g/mol. The standard InChI is InChI=1S/C27H34N4O3/c1-2-3-4-11-16-30-19-25(26(32)17-24(30)21-12-7-5-8-13-21)31-18-23(28-29-31)20-34-27(33)22-14-9-6-10-15-22/h5-10,12-15,18,24-26,32H,2-4,11,16-17,19-20H2,1H3/t24-,25-,26-/m1/s1. The molecule has 0 radical (unpaired) electrons. The number of nitrogens with zero attached hydrogens (tertiary/aromatic N) is 4. The molecule has 0 unspecified atom stereocenters. The Morgan fingerprint density at radius 1 is 1.06 bits per heavy atom. The van der Waals surface area contributed by atoms with Crippen molar-refractivity contribution in [1.82, 2.24) is 19.9 Å². The van der Waals surface area contributed by atoms with Gasteiger partial charge in [-0.2, -0.15) is 0 Å². The maximum atomic E-state index is 12.2. The first kappa shape index (κ1) is 24.1. The maximum Gasteiger partial charge on any atom is 0.338 e. The number of aliphatic hydroxyl groups is 1. The van der Waals surface area contributed by atoms with Crippen LogP contribution in [0.3, 0.4) is 0 Å². The topological polar surface area (TPSA) is 80.5 Å². The zero-order valence-corrected chi connectivity index (χ0v) is 19.8. The molecule has 7 nitrogen and oxygen atoms in total. The smallest absolute Gasteiger partial charge is 0.338 e. The molecule has 180 valence electrons. The molecule has 3 aromatic rings. The Morgan fingerprint density at radius 3 is 2.53 bits per heavy atom. The van der Waals surface area contributed by atoms with Crippen molar-refractivity contribution in [2.75, 3.05) is 13.1 Å². The summed E-state index contributed by atoms with van der Waals surface area (Å²) >= 11 is 0. The van der Waals surface area contributed by atoms with Gasteiger partial charge in [0.05, 0.1) is 23.9 Å². The van der Waals surface area contributed by atoms with E-state index in [0.29, 0.717) is 24.2 Å². The fourth-order valence-corrected chi connectivity index (χ4v) is 4.63. The number of hydrogen-bond acceptors (Lipinski definition) is 6. The Morgan fingerprint density at radius 2 is 1.79 bits per heavy atom. The Bertz CT molecular complexity index is 1020. The molecule has 0 bridgehead atoms. The minimum absolute atomic E-state index is 0.0456. The van der Waals surface area contributed by atoms with Gasteiger partial charge >= 0.3 is 5.97 Å². The van der Waals surface area contributed by atoms with Gasteiger partial charge in [0.15, 0.2) is 0 Å². The molecule has 0 spiro atoms. The second-order valence-corrected chi connectivity index (χ2v) is 8.98. The van der Waals surface area contributed by atoms with E-state index in [1.165, 1.54) is 24.8 Å². The SMILES string of the molecule is CCCCCCN1C[C@@H](n2cc(COC(=O)c3ccccc3)nn2)[C@H](O)C[C@@H]1c1ccccc1. The van der Waals surface area contributed by atoms with Crippen molar-refractivity contribution in [2.45, 2.75) is 63.8 Å². The molecule has 1 saturated heterocycles. The number of esters is 1. The molecule has 0 amide bonds. The summed E-state index contributed by atoms with van der Waals surface area (Å²) in [5.74, 6) is -0.392. The molecule has 34 heavy (non-hydrogen) atoms. The molecule has 0 saturated carbocycles. The monoisotopic (exact) mass is 462 g/mol. The number of piperidine rings is 1. The quantitative estimate of drug-likeness (QED) is 0.351. The first-order valence-corrected chi connectivity index (χ1v) is 12.3. The third-order valence-electron chi connectivity index (χ3n) is 6.51. The number of aromatic nitrogens is 3. The van der Waals surface area contributed by atoms with Crippen molar-refractivity contribution in [3.8, 4) is 0 Å². The molecule has 2 heterocycles. The van der Waals surface area contributed by atoms with E-state index in [-0.39, 0.29) is 18.7 Å². The number of aliphatic hydroxyl groups excluding tert-OH is 1. The first-order chi connectivity index (χ1) is 16.7. The van der Waals surface area contributed by atoms with Gasteiger partial charge in [-0.3, -0.25) is 4.90 Å². The number of carbonyl (C=O) groups excluding carboxylic acids is 1. The number of unbranched alkanes of at least 4 members (excludes halogenated alkanes) is 3. The van der Waals surface area contributed by atoms with Gasteiger partial charge in [0.25, 0.3) is 0 Å². The predicted octanol–water partition coefficient (Wildman–Crippen LogP) is 4.56. The lowest BCUT2D eigenvalue weighted by molar-refractivity contribution is -0.00778. The van der Waals surface area contributed by atoms with E-state index in [2.05, 4.69) is 46.4 Å². The number of hydrogen-bond donors (Lipinski definition) is 1. The predicted molar refractivity (Wildman–Crippen MR) is 130 cm³/mol. The highest BCUT2D eigenvalue weighted by atomic mass is 16.5. The van der Waals surface area contributed by atoms with Gasteiger partial charge < -0.3 is 9.84 Å². The van der Waals surface area contributed by atoms with Crippen molar-refractivity contribution in [1.29, 1.82) is 0 Å². The van der Waals surface area contributed by atoms with Gasteiger partial charge in [-0.25, -0.2) is 9.48 Å². The van der Waals surface area contributed by atoms with Crippen LogP contribution >= 0.6 is 0 Å². The molecule has 3 atom stereocenters. The van der Waals surface area contributed by atoms with E-state index in [4.69, 9.17) is 4.74 Å². The van der Waals surface area contributed by atoms with Gasteiger partial charge in [-0.1, -0.05) is 79.9 Å². The van der Waals surface area contributed by atoms with Gasteiger partial charge in [0.1, 0.15) is 12.3 Å². The van der Waals surface area contributed by atoms with Gasteiger partial charge in [0.2, 0.25) is 0 Å². The van der Waals surface area contributed by atoms with E-state index in [1.807, 2.05) is 12.1 Å². The summed E-state index contributed by atoms with van der Waals surface area (Å²) in [5, 5.41) is 19.5. The highest BCUT2D eigenvalue weighted by molar-refractivity contribution is 5.89. The summed E-state index contributed by atoms with van der Waals surface area (Å²) < 4.78 is 7.12. The van der Waals surface area contributed by atoms with Crippen LogP contribution in [0, 0.1) is 0 Å². The van der Waals surface area contributed by atoms with Crippen molar-refractivity contribution in [3.63, 3.8) is 0 Å². The lowest BCUT2D eigenvalue weighted by Gasteiger charge is -2.42. The maximum absolute atomic E-state index is 12.2. The third-order valence-corrected chi connectivity index (χ3v) is 6.51. The summed E-state index contributed by atoms with van der Waals surface area (Å²) in [4.78, 5) is 14.7. The van der Waals surface area contributed by atoms with Crippen LogP contribution in [-0.4, -0.2) is 50.2 Å². The van der Waals surface area contributed by atoms with E-state index >= 15 is 0 Å². The summed E-state index contributed by atoms with van der Waals surface area (Å²) in [6.07, 6.45) is 6.67. The van der Waals surface area contributed by atoms with E-state index in [9.17, 15) is 9.90 Å². The zero-order chi connectivity index (χ0) is 23.8. The molecular formula is C27H34N4O3. The molecule has 1 fully saturated rings. The highest BCUT2D eigenvalue weighted by Gasteiger charge is 2.36. The normalized spacial score (nSPS) is 20.8. The first-order valence-electron chi connectivity index (χ1n) is 12.3. The van der Waals surface area contributed by atoms with Crippen LogP contribution < -0.4 is 0 Å². The number of likely N-dealkylation sites (tertiary alicyclic amines) is 1. The van der Waals surface area contributed by atoms with Crippen LogP contribution in [0.2, 0.25) is 0 Å². The van der Waals surface area contributed by atoms with Gasteiger partial charge in [-0.15, -0.1) is 5.10 Å². The number of ether oxygens (including phenoxy) is 1. The van der Waals surface area contributed by atoms with Gasteiger partial charge in [-0.05, 0) is 37.1 Å². The average Bonchev–Trinajstić information content (AvgIpc) is 3.35. The summed E-state index contributed by atoms with van der Waals surface area (Å²) in [7, 11) is 0. The number of rotatable bonds is 10. The van der Waals surface area contributed by atoms with Crippen molar-refractivity contribution < 1.29 is 14.6 Å². The Kier molecular flexibility index (Phi) is 8.44. The molecule has 4 rings (SSSR count). The van der Waals surface area contributed by atoms with E-state index in [1.54, 1.807) is 35.1 Å². The van der Waals surface area contributed by atoms with Crippen molar-refractivity contribution >= 4 is 5.97 Å². The van der Waals surface area contributed by atoms with Crippen LogP contribution in [0.15, 0.2) is 66.9 Å². The number of carbonyl (C=O) groups is 1. The molecule has 1 aliphatic rings. The lowest BCUT2D eigenvalue weighted by atomic mass is 9.90. The fraction of sp³-hybridized carbons (Fsp3) is 0.444. The van der Waals surface area contributed by atoms with Crippen LogP contribution in [0.4, 0.5) is 0 Å². The summed E-state index contributed by atoms with van der Waals surface area (Å²) in [6.45, 7) is 3.95. The van der Waals surface area contributed by atoms with Crippen LogP contribution in [0.5, 0.6) is 0 Å². The molecule has 1 aromatic heterocycles. The molecule has 1 aliphatic heterocycles. The second-order valence-electron chi connectivity index (χ2n) is 8.98. The lowest BCUT2D eigenvalue weighted by Crippen LogP contribution is -2.46. The van der Waals surface area contributed by atoms with Crippen LogP contribution in [-0.2, 0) is 11.3 Å². The summed E-state index contributed by atoms with van der Waals surface area (Å²) in [5.41, 5.74) is 2.31. The van der Waals surface area contributed by atoms with E-state index in [0.717, 1.165) is 13.0 Å². The number of benzene rings is 2. The Hall–Kier alpha value is -3.03. The van der Waals surface area contributed by atoms with E-state index < -0.39 is 12.1 Å². The third kappa shape index (κ3) is 6.10. The average molecular weight is 463 g/mol. The molecule has 2 aromatic carbocycles. The van der Waals surface area contributed by atoms with Gasteiger partial charge in [0, 0.05) is 12.6 Å². The van der Waals surface area contributed by atoms with Crippen LogP contribution in [0.25, 0.3) is 0 Å². The Balaban J connectivity index is 1.42. The minimum atomic E-state index is -0.543. The molecule has 1 N–H and O–H groups in total. The molecule has 7 heteroatoms. The minimum Gasteiger partial charge on any atom is -0.455 e. The Labute approximate surface area is 201 Å². The fourth-order valence-electron chi connectivity index (χ4n) is 4.63. The molecule has 0 aliphatic carbocycles. The largest absolute Gasteiger partial charge is 0.455 e. The zero-order valence-electron chi connectivity index (χ0n) is 19.8. The van der Waals surface area contributed by atoms with Crippen molar-refractivity contribution in [2.24, 2.45) is 0 Å². The van der Waals surface area contributed by atoms with Crippen molar-refractivity contribution in [3.05, 3.63) is 83.7 Å².